The van der Waals surface area contributed by atoms with Crippen molar-refractivity contribution in [2.45, 2.75) is 36.9 Å². The van der Waals surface area contributed by atoms with Crippen LogP contribution >= 0.6 is 11.8 Å². The van der Waals surface area contributed by atoms with Crippen molar-refractivity contribution in [3.05, 3.63) is 46.8 Å². The molecule has 1 aromatic carbocycles. The quantitative estimate of drug-likeness (QED) is 0.643. The van der Waals surface area contributed by atoms with E-state index in [4.69, 9.17) is 0 Å². The van der Waals surface area contributed by atoms with E-state index in [0.717, 1.165) is 37.4 Å². The predicted octanol–water partition coefficient (Wildman–Crippen LogP) is 2.79. The van der Waals surface area contributed by atoms with E-state index in [9.17, 15) is 14.7 Å². The topological polar surface area (TPSA) is 84.2 Å². The third kappa shape index (κ3) is 3.97. The molecular formula is C17H19N3O3S. The van der Waals surface area contributed by atoms with Crippen molar-refractivity contribution < 1.29 is 9.90 Å². The molecule has 7 heteroatoms. The lowest BCUT2D eigenvalue weighted by atomic mass is 10.2. The number of carbonyl (C=O) groups excluding carboxylic acids is 1. The van der Waals surface area contributed by atoms with Crippen molar-refractivity contribution in [2.24, 2.45) is 0 Å². The van der Waals surface area contributed by atoms with Crippen LogP contribution in [-0.2, 0) is 4.79 Å². The minimum atomic E-state index is -0.305. The number of amides is 1. The van der Waals surface area contributed by atoms with Gasteiger partial charge in [0.2, 0.25) is 11.8 Å². The van der Waals surface area contributed by atoms with Gasteiger partial charge < -0.3 is 10.4 Å². The lowest BCUT2D eigenvalue weighted by molar-refractivity contribution is -0.113. The van der Waals surface area contributed by atoms with Crippen molar-refractivity contribution in [2.75, 3.05) is 11.1 Å². The highest BCUT2D eigenvalue weighted by atomic mass is 32.2. The number of thioether (sulfide) groups is 1. The number of aromatic hydroxyl groups is 1. The summed E-state index contributed by atoms with van der Waals surface area (Å²) in [5, 5.41) is 12.8. The van der Waals surface area contributed by atoms with E-state index in [-0.39, 0.29) is 29.1 Å². The van der Waals surface area contributed by atoms with Gasteiger partial charge in [-0.2, -0.15) is 4.98 Å². The van der Waals surface area contributed by atoms with Crippen LogP contribution in [0.1, 0.15) is 31.7 Å². The molecule has 0 radical (unpaired) electrons. The zero-order valence-electron chi connectivity index (χ0n) is 13.1. The van der Waals surface area contributed by atoms with Gasteiger partial charge in [-0.25, -0.2) is 0 Å². The molecule has 1 fully saturated rings. The van der Waals surface area contributed by atoms with Crippen molar-refractivity contribution in [3.63, 3.8) is 0 Å². The Morgan fingerprint density at radius 3 is 2.71 bits per heavy atom. The van der Waals surface area contributed by atoms with Crippen LogP contribution in [0.25, 0.3) is 0 Å². The minimum Gasteiger partial charge on any atom is -0.493 e. The first-order valence-corrected chi connectivity index (χ1v) is 8.92. The van der Waals surface area contributed by atoms with E-state index in [2.05, 4.69) is 10.3 Å². The summed E-state index contributed by atoms with van der Waals surface area (Å²) < 4.78 is 1.62. The Bertz CT molecular complexity index is 770. The second-order valence-electron chi connectivity index (χ2n) is 5.75. The van der Waals surface area contributed by atoms with Gasteiger partial charge in [0, 0.05) is 11.7 Å². The molecule has 0 aliphatic heterocycles. The summed E-state index contributed by atoms with van der Waals surface area (Å²) in [7, 11) is 0. The Labute approximate surface area is 143 Å². The first-order valence-electron chi connectivity index (χ1n) is 7.94. The van der Waals surface area contributed by atoms with E-state index >= 15 is 0 Å². The molecule has 0 spiro atoms. The first kappa shape index (κ1) is 16.6. The molecule has 2 N–H and O–H groups in total. The Morgan fingerprint density at radius 1 is 1.29 bits per heavy atom. The number of anilines is 1. The normalized spacial score (nSPS) is 14.7. The molecule has 1 amide bonds. The van der Waals surface area contributed by atoms with Crippen LogP contribution in [0.5, 0.6) is 5.88 Å². The molecule has 1 saturated carbocycles. The molecule has 6 nitrogen and oxygen atoms in total. The van der Waals surface area contributed by atoms with Crippen molar-refractivity contribution in [1.29, 1.82) is 0 Å². The van der Waals surface area contributed by atoms with Gasteiger partial charge in [-0.05, 0) is 25.0 Å². The molecule has 1 aliphatic rings. The molecular weight excluding hydrogens is 326 g/mol. The molecule has 0 atom stereocenters. The number of benzene rings is 1. The molecule has 126 valence electrons. The Kier molecular flexibility index (Phi) is 5.20. The predicted molar refractivity (Wildman–Crippen MR) is 93.5 cm³/mol. The fourth-order valence-electron chi connectivity index (χ4n) is 2.91. The molecule has 0 unspecified atom stereocenters. The molecule has 0 bridgehead atoms. The van der Waals surface area contributed by atoms with Crippen LogP contribution in [0, 0.1) is 0 Å². The molecule has 2 aromatic rings. The number of nitrogens with one attached hydrogen (secondary N) is 1. The number of hydrogen-bond acceptors (Lipinski definition) is 5. The Balaban J connectivity index is 1.72. The highest BCUT2D eigenvalue weighted by Gasteiger charge is 2.22. The smallest absolute Gasteiger partial charge is 0.258 e. The molecule has 1 aromatic heterocycles. The third-order valence-corrected chi connectivity index (χ3v) is 4.94. The van der Waals surface area contributed by atoms with E-state index in [0.29, 0.717) is 5.16 Å². The lowest BCUT2D eigenvalue weighted by Crippen LogP contribution is -2.26. The average molecular weight is 345 g/mol. The van der Waals surface area contributed by atoms with Crippen molar-refractivity contribution in [3.8, 4) is 5.88 Å². The number of rotatable bonds is 5. The van der Waals surface area contributed by atoms with Crippen LogP contribution in [0.3, 0.4) is 0 Å². The van der Waals surface area contributed by atoms with Gasteiger partial charge in [0.05, 0.1) is 11.8 Å². The number of nitrogens with zero attached hydrogens (tertiary/aromatic N) is 2. The summed E-state index contributed by atoms with van der Waals surface area (Å²) in [5.74, 6) is -0.362. The summed E-state index contributed by atoms with van der Waals surface area (Å²) in [6.45, 7) is 0. The summed E-state index contributed by atoms with van der Waals surface area (Å²) >= 11 is 1.17. The Morgan fingerprint density at radius 2 is 2.00 bits per heavy atom. The van der Waals surface area contributed by atoms with Crippen molar-refractivity contribution in [1.82, 2.24) is 9.55 Å². The van der Waals surface area contributed by atoms with Gasteiger partial charge in [0.15, 0.2) is 5.16 Å². The van der Waals surface area contributed by atoms with Crippen LogP contribution in [0.15, 0.2) is 46.3 Å². The molecule has 1 heterocycles. The average Bonchev–Trinajstić information content (AvgIpc) is 3.07. The van der Waals surface area contributed by atoms with Gasteiger partial charge in [-0.15, -0.1) is 0 Å². The lowest BCUT2D eigenvalue weighted by Gasteiger charge is -2.17. The standard InChI is InChI=1S/C17H19N3O3S/c21-14-10-16(23)20(13-8-4-5-9-13)17(19-14)24-11-15(22)18-12-6-2-1-3-7-12/h1-3,6-7,10,13,21H,4-5,8-9,11H2,(H,18,22). The maximum absolute atomic E-state index is 12.2. The fourth-order valence-corrected chi connectivity index (χ4v) is 3.78. The van der Waals surface area contributed by atoms with Gasteiger partial charge >= 0.3 is 0 Å². The monoisotopic (exact) mass is 345 g/mol. The third-order valence-electron chi connectivity index (χ3n) is 3.99. The van der Waals surface area contributed by atoms with Gasteiger partial charge in [0.25, 0.3) is 5.56 Å². The van der Waals surface area contributed by atoms with E-state index in [1.807, 2.05) is 30.3 Å². The molecule has 24 heavy (non-hydrogen) atoms. The van der Waals surface area contributed by atoms with Crippen LogP contribution in [0.4, 0.5) is 5.69 Å². The summed E-state index contributed by atoms with van der Waals surface area (Å²) in [4.78, 5) is 28.4. The van der Waals surface area contributed by atoms with Crippen molar-refractivity contribution >= 4 is 23.4 Å². The maximum atomic E-state index is 12.2. The minimum absolute atomic E-state index is 0.102. The van der Waals surface area contributed by atoms with Gasteiger partial charge in [-0.1, -0.05) is 42.8 Å². The van der Waals surface area contributed by atoms with E-state index in [1.54, 1.807) is 4.57 Å². The Hall–Kier alpha value is -2.28. The van der Waals surface area contributed by atoms with Gasteiger partial charge in [0.1, 0.15) is 0 Å². The highest BCUT2D eigenvalue weighted by molar-refractivity contribution is 7.99. The van der Waals surface area contributed by atoms with E-state index < -0.39 is 0 Å². The molecule has 0 saturated heterocycles. The van der Waals surface area contributed by atoms with Gasteiger partial charge in [-0.3, -0.25) is 14.2 Å². The maximum Gasteiger partial charge on any atom is 0.258 e. The number of hydrogen-bond donors (Lipinski definition) is 2. The number of para-hydroxylation sites is 1. The van der Waals surface area contributed by atoms with E-state index in [1.165, 1.54) is 11.8 Å². The SMILES string of the molecule is O=C(CSc1nc(O)cc(=O)n1C1CCCC1)Nc1ccccc1. The first-order chi connectivity index (χ1) is 11.6. The molecule has 3 rings (SSSR count). The number of aromatic nitrogens is 2. The summed E-state index contributed by atoms with van der Waals surface area (Å²) in [5.41, 5.74) is 0.459. The number of carbonyl (C=O) groups is 1. The largest absolute Gasteiger partial charge is 0.493 e. The highest BCUT2D eigenvalue weighted by Crippen LogP contribution is 2.31. The molecule has 1 aliphatic carbocycles. The fraction of sp³-hybridized carbons (Fsp3) is 0.353. The second-order valence-corrected chi connectivity index (χ2v) is 6.69. The summed E-state index contributed by atoms with van der Waals surface area (Å²) in [6, 6.07) is 10.4. The summed E-state index contributed by atoms with van der Waals surface area (Å²) in [6.07, 6.45) is 4.01. The van der Waals surface area contributed by atoms with Crippen LogP contribution in [-0.4, -0.2) is 26.3 Å². The zero-order valence-corrected chi connectivity index (χ0v) is 14.0. The van der Waals surface area contributed by atoms with Crippen LogP contribution in [0.2, 0.25) is 0 Å². The van der Waals surface area contributed by atoms with Crippen LogP contribution < -0.4 is 10.9 Å². The second kappa shape index (κ2) is 7.53. The zero-order chi connectivity index (χ0) is 16.9.